The molecule has 2 aromatic heterocycles. The van der Waals surface area contributed by atoms with Gasteiger partial charge >= 0.3 is 0 Å². The molecular formula is C20H17FN4OS. The molecule has 1 amide bonds. The molecule has 0 spiro atoms. The van der Waals surface area contributed by atoms with Crippen LogP contribution in [0.25, 0.3) is 11.0 Å². The molecule has 0 aliphatic heterocycles. The molecule has 1 N–H and O–H groups in total. The van der Waals surface area contributed by atoms with E-state index in [9.17, 15) is 9.18 Å². The van der Waals surface area contributed by atoms with Crippen LogP contribution in [0, 0.1) is 5.82 Å². The van der Waals surface area contributed by atoms with E-state index in [1.807, 2.05) is 30.5 Å². The monoisotopic (exact) mass is 380 g/mol. The summed E-state index contributed by atoms with van der Waals surface area (Å²) in [5, 5.41) is 13.2. The molecule has 1 atom stereocenters. The highest BCUT2D eigenvalue weighted by atomic mass is 32.1. The van der Waals surface area contributed by atoms with Crippen molar-refractivity contribution in [1.82, 2.24) is 20.3 Å². The predicted octanol–water partition coefficient (Wildman–Crippen LogP) is 4.17. The molecule has 0 saturated carbocycles. The summed E-state index contributed by atoms with van der Waals surface area (Å²) in [5.41, 5.74) is 2.90. The van der Waals surface area contributed by atoms with E-state index in [4.69, 9.17) is 0 Å². The number of nitrogens with one attached hydrogen (secondary N) is 1. The second kappa shape index (κ2) is 7.28. The molecule has 0 aliphatic carbocycles. The number of rotatable bonds is 5. The lowest BCUT2D eigenvalue weighted by atomic mass is 10.0. The van der Waals surface area contributed by atoms with Crippen LogP contribution >= 0.6 is 11.3 Å². The van der Waals surface area contributed by atoms with Gasteiger partial charge in [0.15, 0.2) is 0 Å². The minimum Gasteiger partial charge on any atom is -0.340 e. The van der Waals surface area contributed by atoms with Crippen molar-refractivity contribution in [3.8, 4) is 0 Å². The van der Waals surface area contributed by atoms with Crippen LogP contribution in [-0.2, 0) is 6.54 Å². The first-order chi connectivity index (χ1) is 13.2. The van der Waals surface area contributed by atoms with E-state index in [0.717, 1.165) is 16.0 Å². The van der Waals surface area contributed by atoms with E-state index in [1.165, 1.54) is 12.1 Å². The van der Waals surface area contributed by atoms with Crippen molar-refractivity contribution < 1.29 is 9.18 Å². The van der Waals surface area contributed by atoms with Crippen LogP contribution in [0.5, 0.6) is 0 Å². The Kier molecular flexibility index (Phi) is 4.68. The van der Waals surface area contributed by atoms with Crippen molar-refractivity contribution in [3.05, 3.63) is 81.8 Å². The molecule has 2 aromatic carbocycles. The first-order valence-electron chi connectivity index (χ1n) is 8.58. The topological polar surface area (TPSA) is 59.8 Å². The highest BCUT2D eigenvalue weighted by Crippen LogP contribution is 2.27. The van der Waals surface area contributed by atoms with Gasteiger partial charge in [-0.2, -0.15) is 0 Å². The molecule has 27 heavy (non-hydrogen) atoms. The number of aryl methyl sites for hydroxylation is 1. The molecule has 1 unspecified atom stereocenters. The number of benzene rings is 2. The molecule has 0 bridgehead atoms. The third-order valence-electron chi connectivity index (χ3n) is 4.38. The van der Waals surface area contributed by atoms with Crippen LogP contribution in [-0.4, -0.2) is 20.9 Å². The van der Waals surface area contributed by atoms with Gasteiger partial charge in [-0.25, -0.2) is 9.07 Å². The van der Waals surface area contributed by atoms with Gasteiger partial charge in [0, 0.05) is 17.0 Å². The molecule has 4 aromatic rings. The number of amides is 1. The van der Waals surface area contributed by atoms with E-state index in [2.05, 4.69) is 15.6 Å². The highest BCUT2D eigenvalue weighted by Gasteiger charge is 2.19. The Labute approximate surface area is 159 Å². The number of hydrogen-bond donors (Lipinski definition) is 1. The van der Waals surface area contributed by atoms with Crippen molar-refractivity contribution in [1.29, 1.82) is 0 Å². The largest absolute Gasteiger partial charge is 0.340 e. The molecule has 7 heteroatoms. The quantitative estimate of drug-likeness (QED) is 0.565. The van der Waals surface area contributed by atoms with Crippen LogP contribution in [0.3, 0.4) is 0 Å². The third-order valence-corrected chi connectivity index (χ3v) is 5.32. The fourth-order valence-corrected chi connectivity index (χ4v) is 3.79. The number of aromatic nitrogens is 3. The Morgan fingerprint density at radius 3 is 2.74 bits per heavy atom. The number of carbonyl (C=O) groups excluding carboxylic acids is 1. The fourth-order valence-electron chi connectivity index (χ4n) is 2.99. The number of carbonyl (C=O) groups is 1. The van der Waals surface area contributed by atoms with Crippen LogP contribution in [0.4, 0.5) is 4.39 Å². The van der Waals surface area contributed by atoms with Crippen molar-refractivity contribution in [2.45, 2.75) is 19.5 Å². The molecule has 2 heterocycles. The Morgan fingerprint density at radius 1 is 1.22 bits per heavy atom. The van der Waals surface area contributed by atoms with E-state index in [-0.39, 0.29) is 17.8 Å². The lowest BCUT2D eigenvalue weighted by Gasteiger charge is -2.18. The summed E-state index contributed by atoms with van der Waals surface area (Å²) in [6, 6.07) is 15.1. The number of nitrogens with zero attached hydrogens (tertiary/aromatic N) is 3. The Morgan fingerprint density at radius 2 is 2.04 bits per heavy atom. The first kappa shape index (κ1) is 17.4. The summed E-state index contributed by atoms with van der Waals surface area (Å²) >= 11 is 1.54. The Balaban J connectivity index is 1.64. The average molecular weight is 380 g/mol. The zero-order valence-corrected chi connectivity index (χ0v) is 15.4. The first-order valence-corrected chi connectivity index (χ1v) is 9.46. The van der Waals surface area contributed by atoms with Crippen molar-refractivity contribution in [3.63, 3.8) is 0 Å². The van der Waals surface area contributed by atoms with E-state index in [0.29, 0.717) is 17.6 Å². The second-order valence-corrected chi connectivity index (χ2v) is 7.06. The fraction of sp³-hybridized carbons (Fsp3) is 0.150. The molecule has 0 fully saturated rings. The SMILES string of the molecule is CCn1nnc2cc(C(=O)NC(c3ccc(F)cc3)c3cccs3)ccc21. The summed E-state index contributed by atoms with van der Waals surface area (Å²) in [7, 11) is 0. The van der Waals surface area contributed by atoms with Gasteiger partial charge in [0.2, 0.25) is 0 Å². The zero-order valence-electron chi connectivity index (χ0n) is 14.6. The maximum Gasteiger partial charge on any atom is 0.252 e. The summed E-state index contributed by atoms with van der Waals surface area (Å²) in [6.07, 6.45) is 0. The van der Waals surface area contributed by atoms with Gasteiger partial charge in [-0.1, -0.05) is 23.4 Å². The van der Waals surface area contributed by atoms with Gasteiger partial charge in [-0.15, -0.1) is 16.4 Å². The van der Waals surface area contributed by atoms with Crippen molar-refractivity contribution >= 4 is 28.3 Å². The molecular weight excluding hydrogens is 363 g/mol. The minimum absolute atomic E-state index is 0.217. The molecule has 0 aliphatic rings. The summed E-state index contributed by atoms with van der Waals surface area (Å²) in [5.74, 6) is -0.523. The van der Waals surface area contributed by atoms with Gasteiger partial charge in [-0.3, -0.25) is 4.79 Å². The lowest BCUT2D eigenvalue weighted by Crippen LogP contribution is -2.28. The maximum absolute atomic E-state index is 13.3. The average Bonchev–Trinajstić information content (AvgIpc) is 3.36. The second-order valence-electron chi connectivity index (χ2n) is 6.08. The molecule has 136 valence electrons. The summed E-state index contributed by atoms with van der Waals surface area (Å²) in [6.45, 7) is 2.70. The highest BCUT2D eigenvalue weighted by molar-refractivity contribution is 7.10. The van der Waals surface area contributed by atoms with Crippen LogP contribution in [0.15, 0.2) is 60.0 Å². The van der Waals surface area contributed by atoms with Crippen molar-refractivity contribution in [2.24, 2.45) is 0 Å². The number of hydrogen-bond acceptors (Lipinski definition) is 4. The molecule has 0 radical (unpaired) electrons. The van der Waals surface area contributed by atoms with Crippen molar-refractivity contribution in [2.75, 3.05) is 0 Å². The summed E-state index contributed by atoms with van der Waals surface area (Å²) in [4.78, 5) is 13.9. The number of thiophene rings is 1. The molecule has 5 nitrogen and oxygen atoms in total. The Hall–Kier alpha value is -3.06. The van der Waals surface area contributed by atoms with Gasteiger partial charge in [0.05, 0.1) is 11.6 Å². The number of halogens is 1. The maximum atomic E-state index is 13.3. The smallest absolute Gasteiger partial charge is 0.252 e. The predicted molar refractivity (Wildman–Crippen MR) is 103 cm³/mol. The van der Waals surface area contributed by atoms with Gasteiger partial charge in [-0.05, 0) is 54.3 Å². The van der Waals surface area contributed by atoms with E-state index < -0.39 is 0 Å². The number of fused-ring (bicyclic) bond motifs is 1. The normalized spacial score (nSPS) is 12.2. The van der Waals surface area contributed by atoms with Gasteiger partial charge < -0.3 is 5.32 Å². The summed E-state index contributed by atoms with van der Waals surface area (Å²) < 4.78 is 15.1. The van der Waals surface area contributed by atoms with Gasteiger partial charge in [0.25, 0.3) is 5.91 Å². The molecule has 0 saturated heterocycles. The lowest BCUT2D eigenvalue weighted by molar-refractivity contribution is 0.0943. The van der Waals surface area contributed by atoms with Crippen LogP contribution in [0.2, 0.25) is 0 Å². The van der Waals surface area contributed by atoms with E-state index in [1.54, 1.807) is 40.3 Å². The molecule has 4 rings (SSSR count). The standard InChI is InChI=1S/C20H17FN4OS/c1-2-25-17-10-7-14(12-16(17)23-24-25)20(26)22-19(18-4-3-11-27-18)13-5-8-15(21)9-6-13/h3-12,19H,2H2,1H3,(H,22,26). The van der Waals surface area contributed by atoms with E-state index >= 15 is 0 Å². The zero-order chi connectivity index (χ0) is 18.8. The van der Waals surface area contributed by atoms with Gasteiger partial charge in [0.1, 0.15) is 11.3 Å². The minimum atomic E-state index is -0.347. The van der Waals surface area contributed by atoms with Crippen LogP contribution < -0.4 is 5.32 Å². The van der Waals surface area contributed by atoms with Crippen LogP contribution in [0.1, 0.15) is 33.8 Å². The Bertz CT molecular complexity index is 1070. The third kappa shape index (κ3) is 3.46.